The zero-order valence-electron chi connectivity index (χ0n) is 18.4. The Labute approximate surface area is 189 Å². The molecule has 9 nitrogen and oxygen atoms in total. The quantitative estimate of drug-likeness (QED) is 0.386. The molecule has 3 aromatic rings. The average Bonchev–Trinajstić information content (AvgIpc) is 3.27. The monoisotopic (exact) mass is 457 g/mol. The van der Waals surface area contributed by atoms with Crippen molar-refractivity contribution in [3.8, 4) is 5.75 Å². The molecule has 1 atom stereocenters. The van der Waals surface area contributed by atoms with Crippen LogP contribution >= 0.6 is 11.3 Å². The van der Waals surface area contributed by atoms with Gasteiger partial charge in [0, 0.05) is 38.5 Å². The molecule has 0 aliphatic carbocycles. The molecule has 1 unspecified atom stereocenters. The zero-order valence-corrected chi connectivity index (χ0v) is 19.2. The Morgan fingerprint density at radius 1 is 1.22 bits per heavy atom. The predicted octanol–water partition coefficient (Wildman–Crippen LogP) is 2.72. The summed E-state index contributed by atoms with van der Waals surface area (Å²) < 4.78 is 1.11. The number of rotatable bonds is 8. The number of H-pyrrole nitrogens is 1. The number of aromatic amines is 1. The van der Waals surface area contributed by atoms with Crippen LogP contribution in [0.3, 0.4) is 0 Å². The topological polar surface area (TPSA) is 119 Å². The summed E-state index contributed by atoms with van der Waals surface area (Å²) in [4.78, 5) is 40.5. The maximum absolute atomic E-state index is 12.9. The molecule has 0 radical (unpaired) electrons. The number of hydrogen-bond donors (Lipinski definition) is 4. The van der Waals surface area contributed by atoms with Crippen LogP contribution in [-0.4, -0.2) is 45.8 Å². The van der Waals surface area contributed by atoms with Crippen molar-refractivity contribution in [2.24, 2.45) is 7.05 Å². The Bertz CT molecular complexity index is 1210. The fourth-order valence-electron chi connectivity index (χ4n) is 3.27. The molecule has 0 spiro atoms. The van der Waals surface area contributed by atoms with Crippen LogP contribution in [0.15, 0.2) is 45.3 Å². The molecule has 0 bridgehead atoms. The number of phenols is 1. The molecule has 10 heteroatoms. The fraction of sp³-hybridized carbons (Fsp3) is 0.318. The molecule has 0 aliphatic heterocycles. The van der Waals surface area contributed by atoms with Gasteiger partial charge in [-0.25, -0.2) is 0 Å². The van der Waals surface area contributed by atoms with Crippen LogP contribution < -0.4 is 21.8 Å². The number of amides is 1. The normalized spacial score (nSPS) is 11.8. The number of nitrogens with zero attached hydrogens (tertiary/aromatic N) is 2. The lowest BCUT2D eigenvalue weighted by Gasteiger charge is -2.21. The van der Waals surface area contributed by atoms with E-state index in [1.807, 2.05) is 24.4 Å². The van der Waals surface area contributed by atoms with Crippen molar-refractivity contribution < 1.29 is 9.90 Å². The molecule has 3 rings (SSSR count). The molecule has 0 fully saturated rings. The summed E-state index contributed by atoms with van der Waals surface area (Å²) in [5, 5.41) is 21.2. The van der Waals surface area contributed by atoms with Gasteiger partial charge >= 0.3 is 0 Å². The lowest BCUT2D eigenvalue weighted by atomic mass is 10.1. The number of anilines is 3. The summed E-state index contributed by atoms with van der Waals surface area (Å²) in [6.45, 7) is 2.00. The Morgan fingerprint density at radius 2 is 1.97 bits per heavy atom. The van der Waals surface area contributed by atoms with Crippen LogP contribution in [0.4, 0.5) is 17.1 Å². The number of para-hydroxylation sites is 1. The Hall–Kier alpha value is -3.53. The number of carbonyl (C=O) groups is 1. The highest BCUT2D eigenvalue weighted by molar-refractivity contribution is 7.09. The first-order valence-electron chi connectivity index (χ1n) is 10.2. The first-order chi connectivity index (χ1) is 15.2. The summed E-state index contributed by atoms with van der Waals surface area (Å²) in [6, 6.07) is 8.52. The van der Waals surface area contributed by atoms with Gasteiger partial charge in [0.1, 0.15) is 11.4 Å². The van der Waals surface area contributed by atoms with Crippen molar-refractivity contribution in [1.29, 1.82) is 0 Å². The van der Waals surface area contributed by atoms with E-state index in [2.05, 4.69) is 15.7 Å². The Morgan fingerprint density at radius 3 is 2.59 bits per heavy atom. The lowest BCUT2D eigenvalue weighted by molar-refractivity contribution is 0.0824. The summed E-state index contributed by atoms with van der Waals surface area (Å²) in [6.07, 6.45) is 1.42. The molecule has 4 N–H and O–H groups in total. The number of aryl methyl sites for hydroxylation is 1. The third-order valence-corrected chi connectivity index (χ3v) is 5.96. The lowest BCUT2D eigenvalue weighted by Crippen LogP contribution is -2.35. The largest absolute Gasteiger partial charge is 0.505 e. The van der Waals surface area contributed by atoms with E-state index in [4.69, 9.17) is 0 Å². The van der Waals surface area contributed by atoms with Crippen molar-refractivity contribution in [3.05, 3.63) is 66.9 Å². The average molecular weight is 458 g/mol. The molecule has 0 aliphatic rings. The zero-order chi connectivity index (χ0) is 23.4. The minimum atomic E-state index is -0.538. The van der Waals surface area contributed by atoms with Crippen molar-refractivity contribution in [2.75, 3.05) is 24.7 Å². The van der Waals surface area contributed by atoms with Crippen molar-refractivity contribution in [1.82, 2.24) is 14.7 Å². The molecule has 2 heterocycles. The van der Waals surface area contributed by atoms with Gasteiger partial charge in [-0.05, 0) is 30.0 Å². The second kappa shape index (κ2) is 9.73. The molecule has 32 heavy (non-hydrogen) atoms. The van der Waals surface area contributed by atoms with Crippen LogP contribution in [0, 0.1) is 0 Å². The van der Waals surface area contributed by atoms with Crippen molar-refractivity contribution in [3.63, 3.8) is 0 Å². The van der Waals surface area contributed by atoms with E-state index in [-0.39, 0.29) is 40.3 Å². The van der Waals surface area contributed by atoms with Gasteiger partial charge in [-0.2, -0.15) is 0 Å². The van der Waals surface area contributed by atoms with E-state index in [0.717, 1.165) is 16.0 Å². The highest BCUT2D eigenvalue weighted by Crippen LogP contribution is 2.31. The van der Waals surface area contributed by atoms with Gasteiger partial charge in [0.15, 0.2) is 5.75 Å². The van der Waals surface area contributed by atoms with Gasteiger partial charge in [0.2, 0.25) is 0 Å². The van der Waals surface area contributed by atoms with E-state index < -0.39 is 11.1 Å². The number of carbonyl (C=O) groups excluding carboxylic acids is 1. The van der Waals surface area contributed by atoms with Gasteiger partial charge in [-0.15, -0.1) is 11.3 Å². The number of aromatic hydroxyl groups is 1. The van der Waals surface area contributed by atoms with Gasteiger partial charge < -0.3 is 20.6 Å². The second-order valence-corrected chi connectivity index (χ2v) is 8.65. The number of nitrogens with one attached hydrogen (secondary N) is 3. The molecule has 0 saturated carbocycles. The molecule has 170 valence electrons. The van der Waals surface area contributed by atoms with Gasteiger partial charge in [0.05, 0.1) is 11.3 Å². The second-order valence-electron chi connectivity index (χ2n) is 7.61. The smallest absolute Gasteiger partial charge is 0.290 e. The van der Waals surface area contributed by atoms with Gasteiger partial charge in [0.25, 0.3) is 17.0 Å². The summed E-state index contributed by atoms with van der Waals surface area (Å²) >= 11 is 1.63. The van der Waals surface area contributed by atoms with Crippen LogP contribution in [0.25, 0.3) is 0 Å². The van der Waals surface area contributed by atoms with Crippen molar-refractivity contribution in [2.45, 2.75) is 25.8 Å². The molecule has 0 saturated heterocycles. The Kier molecular flexibility index (Phi) is 7.04. The first kappa shape index (κ1) is 23.1. The number of aromatic nitrogens is 2. The standard InChI is InChI=1S/C22H27N5O4S/c1-5-13(12-14-8-7-11-32-14)23-18-17(20(29)25-27(4)22(18)31)24-16-10-6-9-15(19(16)28)21(30)26(2)3/h6-11,13,23-24,28H,5,12H2,1-4H3,(H,25,29). The van der Waals surface area contributed by atoms with Crippen LogP contribution in [0.5, 0.6) is 5.75 Å². The molecular weight excluding hydrogens is 430 g/mol. The molecule has 1 aromatic carbocycles. The minimum Gasteiger partial charge on any atom is -0.505 e. The highest BCUT2D eigenvalue weighted by Gasteiger charge is 2.21. The summed E-state index contributed by atoms with van der Waals surface area (Å²) in [7, 11) is 4.62. The highest BCUT2D eigenvalue weighted by atomic mass is 32.1. The Balaban J connectivity index is 2.02. The number of phenolic OH excluding ortho intramolecular Hbond substituents is 1. The number of hydrogen-bond acceptors (Lipinski definition) is 7. The molecular formula is C22H27N5O4S. The van der Waals surface area contributed by atoms with Crippen LogP contribution in [0.1, 0.15) is 28.6 Å². The van der Waals surface area contributed by atoms with E-state index in [9.17, 15) is 19.5 Å². The SMILES string of the molecule is CCC(Cc1cccs1)Nc1c(Nc2cccc(C(=O)N(C)C)c2O)c(=O)[nH]n(C)c1=O. The number of benzene rings is 1. The van der Waals surface area contributed by atoms with E-state index in [0.29, 0.717) is 6.42 Å². The predicted molar refractivity (Wildman–Crippen MR) is 127 cm³/mol. The maximum Gasteiger partial charge on any atom is 0.290 e. The van der Waals surface area contributed by atoms with Gasteiger partial charge in [-0.1, -0.05) is 19.1 Å². The maximum atomic E-state index is 12.9. The fourth-order valence-corrected chi connectivity index (χ4v) is 4.05. The number of thiophene rings is 1. The van der Waals surface area contributed by atoms with E-state index in [1.165, 1.54) is 24.1 Å². The minimum absolute atomic E-state index is 0.0255. The molecule has 2 aromatic heterocycles. The summed E-state index contributed by atoms with van der Waals surface area (Å²) in [5.41, 5.74) is -0.656. The third kappa shape index (κ3) is 4.86. The summed E-state index contributed by atoms with van der Waals surface area (Å²) in [5.74, 6) is -0.688. The van der Waals surface area contributed by atoms with Gasteiger partial charge in [-0.3, -0.25) is 24.2 Å². The third-order valence-electron chi connectivity index (χ3n) is 5.07. The van der Waals surface area contributed by atoms with Crippen LogP contribution in [-0.2, 0) is 13.5 Å². The van der Waals surface area contributed by atoms with Crippen molar-refractivity contribution >= 4 is 34.3 Å². The van der Waals surface area contributed by atoms with E-state index >= 15 is 0 Å². The first-order valence-corrected chi connectivity index (χ1v) is 11.0. The van der Waals surface area contributed by atoms with Crippen LogP contribution in [0.2, 0.25) is 0 Å². The molecule has 1 amide bonds. The van der Waals surface area contributed by atoms with E-state index in [1.54, 1.807) is 31.5 Å².